The summed E-state index contributed by atoms with van der Waals surface area (Å²) < 4.78 is 5.94. The molecule has 6 heteroatoms. The average Bonchev–Trinajstić information content (AvgIpc) is 3.33. The van der Waals surface area contributed by atoms with Gasteiger partial charge in [-0.15, -0.1) is 0 Å². The zero-order valence-corrected chi connectivity index (χ0v) is 45.2. The number of hydrogen-bond donors (Lipinski definition) is 3. The van der Waals surface area contributed by atoms with Gasteiger partial charge in [0.2, 0.25) is 5.91 Å². The number of aliphatic hydroxyl groups excluding tert-OH is 2. The molecule has 0 aliphatic carbocycles. The molecule has 68 heavy (non-hydrogen) atoms. The number of allylic oxidation sites excluding steroid dienone is 10. The van der Waals surface area contributed by atoms with Crippen molar-refractivity contribution in [1.29, 1.82) is 0 Å². The van der Waals surface area contributed by atoms with Crippen LogP contribution in [0.2, 0.25) is 0 Å². The fraction of sp³-hybridized carbons (Fsp3) is 0.806. The smallest absolute Gasteiger partial charge is 0.306 e. The van der Waals surface area contributed by atoms with E-state index in [-0.39, 0.29) is 24.9 Å². The van der Waals surface area contributed by atoms with Crippen molar-refractivity contribution in [1.82, 2.24) is 5.32 Å². The molecule has 0 saturated carbocycles. The van der Waals surface area contributed by atoms with E-state index in [1.165, 1.54) is 167 Å². The number of rotatable bonds is 53. The molecule has 0 heterocycles. The van der Waals surface area contributed by atoms with E-state index in [2.05, 4.69) is 86.8 Å². The number of ether oxygens (including phenoxy) is 1. The lowest BCUT2D eigenvalue weighted by atomic mass is 10.0. The van der Waals surface area contributed by atoms with Crippen LogP contribution < -0.4 is 5.32 Å². The molecular weight excluding hydrogens is 839 g/mol. The largest absolute Gasteiger partial charge is 0.462 e. The predicted molar refractivity (Wildman–Crippen MR) is 296 cm³/mol. The fourth-order valence-corrected chi connectivity index (χ4v) is 8.94. The lowest BCUT2D eigenvalue weighted by molar-refractivity contribution is -0.151. The molecule has 0 spiro atoms. The topological polar surface area (TPSA) is 95.9 Å². The summed E-state index contributed by atoms with van der Waals surface area (Å²) in [6, 6.07) is -0.714. The fourth-order valence-electron chi connectivity index (χ4n) is 8.94. The van der Waals surface area contributed by atoms with Gasteiger partial charge in [-0.1, -0.05) is 281 Å². The van der Waals surface area contributed by atoms with Gasteiger partial charge in [-0.2, -0.15) is 0 Å². The van der Waals surface area contributed by atoms with Crippen molar-refractivity contribution in [3.05, 3.63) is 60.8 Å². The van der Waals surface area contributed by atoms with Crippen LogP contribution in [0.4, 0.5) is 0 Å². The van der Waals surface area contributed by atoms with Crippen molar-refractivity contribution in [2.24, 2.45) is 0 Å². The first-order valence-corrected chi connectivity index (χ1v) is 29.5. The Morgan fingerprint density at radius 2 is 0.779 bits per heavy atom. The quantitative estimate of drug-likeness (QED) is 0.0321. The summed E-state index contributed by atoms with van der Waals surface area (Å²) in [7, 11) is 0. The monoisotopic (exact) mass is 952 g/mol. The van der Waals surface area contributed by atoms with E-state index in [1.54, 1.807) is 0 Å². The Morgan fingerprint density at radius 1 is 0.441 bits per heavy atom. The average molecular weight is 953 g/mol. The lowest BCUT2D eigenvalue weighted by Gasteiger charge is -2.24. The molecule has 0 saturated heterocycles. The Balaban J connectivity index is 4.61. The summed E-state index contributed by atoms with van der Waals surface area (Å²) in [5.74, 6) is -0.531. The number of esters is 1. The number of amides is 1. The molecule has 0 aliphatic heterocycles. The zero-order chi connectivity index (χ0) is 49.5. The van der Waals surface area contributed by atoms with Crippen molar-refractivity contribution < 1.29 is 24.5 Å². The SMILES string of the molecule is CC/C=C\C/C=C\C/C=C\C/C=C\C/C=C\CCCC(=O)OC(CCCCCCCCCCCCCCCCCC)CC(=O)NC(CO)C(O)CCCCCCCCCCCCCCCCCC. The van der Waals surface area contributed by atoms with E-state index in [1.807, 2.05) is 0 Å². The molecule has 3 N–H and O–H groups in total. The molecule has 0 radical (unpaired) electrons. The van der Waals surface area contributed by atoms with E-state index >= 15 is 0 Å². The number of unbranched alkanes of at least 4 members (excludes halogenated alkanes) is 31. The van der Waals surface area contributed by atoms with Crippen LogP contribution >= 0.6 is 0 Å². The maximum absolute atomic E-state index is 13.3. The molecule has 0 aromatic heterocycles. The molecule has 1 amide bonds. The van der Waals surface area contributed by atoms with Gasteiger partial charge in [0.1, 0.15) is 6.10 Å². The number of hydrogen-bond acceptors (Lipinski definition) is 5. The molecule has 0 aromatic carbocycles. The van der Waals surface area contributed by atoms with Crippen LogP contribution in [0.25, 0.3) is 0 Å². The molecule has 0 aromatic rings. The van der Waals surface area contributed by atoms with E-state index in [0.717, 1.165) is 77.0 Å². The molecule has 0 rings (SSSR count). The summed E-state index contributed by atoms with van der Waals surface area (Å²) in [6.45, 7) is 6.39. The maximum atomic E-state index is 13.3. The van der Waals surface area contributed by atoms with Gasteiger partial charge in [-0.05, 0) is 64.2 Å². The minimum absolute atomic E-state index is 0.0571. The van der Waals surface area contributed by atoms with E-state index in [9.17, 15) is 19.8 Å². The third-order valence-corrected chi connectivity index (χ3v) is 13.4. The van der Waals surface area contributed by atoms with Crippen molar-refractivity contribution in [3.8, 4) is 0 Å². The van der Waals surface area contributed by atoms with Gasteiger partial charge in [-0.25, -0.2) is 0 Å². The first-order valence-electron chi connectivity index (χ1n) is 29.5. The zero-order valence-electron chi connectivity index (χ0n) is 45.2. The van der Waals surface area contributed by atoms with E-state index < -0.39 is 18.2 Å². The minimum Gasteiger partial charge on any atom is -0.462 e. The maximum Gasteiger partial charge on any atom is 0.306 e. The van der Waals surface area contributed by atoms with Crippen molar-refractivity contribution in [3.63, 3.8) is 0 Å². The molecule has 3 unspecified atom stereocenters. The van der Waals surface area contributed by atoms with Gasteiger partial charge in [0.05, 0.1) is 25.2 Å². The highest BCUT2D eigenvalue weighted by Crippen LogP contribution is 2.19. The summed E-state index contributed by atoms with van der Waals surface area (Å²) in [5, 5.41) is 23.9. The minimum atomic E-state index is -0.798. The Kier molecular flexibility index (Phi) is 53.5. The Hall–Kier alpha value is -2.44. The van der Waals surface area contributed by atoms with E-state index in [4.69, 9.17) is 4.74 Å². The first-order chi connectivity index (χ1) is 33.5. The Morgan fingerprint density at radius 3 is 1.15 bits per heavy atom. The second-order valence-corrected chi connectivity index (χ2v) is 20.0. The normalized spacial score (nSPS) is 13.5. The van der Waals surface area contributed by atoms with Crippen LogP contribution in [0.5, 0.6) is 0 Å². The van der Waals surface area contributed by atoms with Crippen LogP contribution in [0.1, 0.15) is 297 Å². The Bertz CT molecular complexity index is 1210. The van der Waals surface area contributed by atoms with Gasteiger partial charge in [0.15, 0.2) is 0 Å². The second-order valence-electron chi connectivity index (χ2n) is 20.0. The first kappa shape index (κ1) is 65.6. The van der Waals surface area contributed by atoms with Gasteiger partial charge >= 0.3 is 5.97 Å². The molecule has 396 valence electrons. The highest BCUT2D eigenvalue weighted by atomic mass is 16.5. The van der Waals surface area contributed by atoms with Gasteiger partial charge < -0.3 is 20.3 Å². The molecule has 0 bridgehead atoms. The third kappa shape index (κ3) is 50.0. The van der Waals surface area contributed by atoms with Crippen molar-refractivity contribution in [2.45, 2.75) is 315 Å². The van der Waals surface area contributed by atoms with Crippen LogP contribution in [0.15, 0.2) is 60.8 Å². The third-order valence-electron chi connectivity index (χ3n) is 13.4. The Labute approximate surface area is 422 Å². The van der Waals surface area contributed by atoms with Crippen LogP contribution in [0.3, 0.4) is 0 Å². The molecule has 3 atom stereocenters. The molecular formula is C62H113NO5. The van der Waals surface area contributed by atoms with Crippen molar-refractivity contribution in [2.75, 3.05) is 6.61 Å². The standard InChI is InChI=1S/C62H113NO5/c1-4-7-10-13-16-19-22-25-28-31-34-37-40-43-46-49-52-55-62(67)68-58(53-50-47-44-41-38-35-32-29-26-23-20-17-14-11-8-5-2)56-61(66)63-59(57-64)60(65)54-51-48-45-42-39-36-33-30-27-24-21-18-15-12-9-6-3/h7,10,16,19,25,28,34,37,43,46,58-60,64-65H,4-6,8-9,11-15,17-18,20-24,26-27,29-33,35-36,38-42,44-45,47-57H2,1-3H3,(H,63,66)/b10-7-,19-16-,28-25-,37-34-,46-43-. The van der Waals surface area contributed by atoms with Gasteiger partial charge in [-0.3, -0.25) is 9.59 Å². The summed E-state index contributed by atoms with van der Waals surface area (Å²) >= 11 is 0. The highest BCUT2D eigenvalue weighted by molar-refractivity contribution is 5.77. The van der Waals surface area contributed by atoms with Crippen LogP contribution in [-0.4, -0.2) is 46.9 Å². The number of nitrogens with one attached hydrogen (secondary N) is 1. The predicted octanol–water partition coefficient (Wildman–Crippen LogP) is 18.4. The molecule has 0 fully saturated rings. The lowest BCUT2D eigenvalue weighted by Crippen LogP contribution is -2.46. The van der Waals surface area contributed by atoms with Gasteiger partial charge in [0, 0.05) is 6.42 Å². The van der Waals surface area contributed by atoms with Crippen LogP contribution in [-0.2, 0) is 14.3 Å². The number of aliphatic hydroxyl groups is 2. The highest BCUT2D eigenvalue weighted by Gasteiger charge is 2.24. The summed E-state index contributed by atoms with van der Waals surface area (Å²) in [6.07, 6.45) is 70.1. The van der Waals surface area contributed by atoms with Crippen molar-refractivity contribution >= 4 is 11.9 Å². The van der Waals surface area contributed by atoms with Crippen LogP contribution in [0, 0.1) is 0 Å². The second kappa shape index (κ2) is 55.5. The summed E-state index contributed by atoms with van der Waals surface area (Å²) in [4.78, 5) is 26.3. The van der Waals surface area contributed by atoms with Gasteiger partial charge in [0.25, 0.3) is 0 Å². The number of carbonyl (C=O) groups excluding carboxylic acids is 2. The number of carbonyl (C=O) groups is 2. The molecule has 0 aliphatic rings. The summed E-state index contributed by atoms with van der Waals surface area (Å²) in [5.41, 5.74) is 0. The molecule has 6 nitrogen and oxygen atoms in total. The van der Waals surface area contributed by atoms with E-state index in [0.29, 0.717) is 25.7 Å².